The first-order valence-electron chi connectivity index (χ1n) is 6.85. The summed E-state index contributed by atoms with van der Waals surface area (Å²) in [6.45, 7) is 1.35. The van der Waals surface area contributed by atoms with Crippen LogP contribution in [0.4, 0.5) is 0 Å². The Morgan fingerprint density at radius 3 is 2.71 bits per heavy atom. The highest BCUT2D eigenvalue weighted by atomic mass is 35.5. The van der Waals surface area contributed by atoms with Gasteiger partial charge in [-0.1, -0.05) is 18.2 Å². The Balaban J connectivity index is 0.00000220. The number of benzene rings is 1. The molecule has 5 nitrogen and oxygen atoms in total. The van der Waals surface area contributed by atoms with Gasteiger partial charge in [-0.2, -0.15) is 5.10 Å². The van der Waals surface area contributed by atoms with Crippen molar-refractivity contribution >= 4 is 18.3 Å². The van der Waals surface area contributed by atoms with Crippen molar-refractivity contribution in [1.29, 1.82) is 0 Å². The molecule has 0 unspecified atom stereocenters. The molecule has 2 rings (SSSR count). The summed E-state index contributed by atoms with van der Waals surface area (Å²) in [5.74, 6) is 0.0228. The molecule has 0 fully saturated rings. The molecule has 21 heavy (non-hydrogen) atoms. The minimum absolute atomic E-state index is 0. The lowest BCUT2D eigenvalue weighted by Gasteiger charge is -2.03. The maximum atomic E-state index is 11.7. The molecule has 114 valence electrons. The molecule has 6 heteroatoms. The minimum Gasteiger partial charge on any atom is -0.356 e. The lowest BCUT2D eigenvalue weighted by Crippen LogP contribution is -2.26. The second-order valence-electron chi connectivity index (χ2n) is 4.65. The normalized spacial score (nSPS) is 9.95. The summed E-state index contributed by atoms with van der Waals surface area (Å²) < 4.78 is 1.77. The molecule has 0 aliphatic heterocycles. The number of aromatic nitrogens is 2. The molecule has 0 spiro atoms. The predicted molar refractivity (Wildman–Crippen MR) is 85.8 cm³/mol. The molecule has 0 saturated heterocycles. The van der Waals surface area contributed by atoms with E-state index in [1.807, 2.05) is 36.5 Å². The van der Waals surface area contributed by atoms with Gasteiger partial charge in [-0.25, -0.2) is 4.68 Å². The summed E-state index contributed by atoms with van der Waals surface area (Å²) in [5, 5.41) is 7.15. The third-order valence-electron chi connectivity index (χ3n) is 2.97. The van der Waals surface area contributed by atoms with E-state index in [4.69, 9.17) is 5.73 Å². The van der Waals surface area contributed by atoms with Crippen LogP contribution < -0.4 is 11.1 Å². The number of nitrogens with one attached hydrogen (secondary N) is 1. The second kappa shape index (κ2) is 9.15. The number of carbonyl (C=O) groups excluding carboxylic acids is 1. The zero-order valence-corrected chi connectivity index (χ0v) is 12.7. The number of nitrogens with two attached hydrogens (primary N) is 1. The molecule has 0 saturated carbocycles. The van der Waals surface area contributed by atoms with E-state index in [0.29, 0.717) is 19.5 Å². The van der Waals surface area contributed by atoms with Gasteiger partial charge in [-0.3, -0.25) is 4.79 Å². The van der Waals surface area contributed by atoms with Crippen molar-refractivity contribution in [3.63, 3.8) is 0 Å². The average Bonchev–Trinajstić information content (AvgIpc) is 2.93. The van der Waals surface area contributed by atoms with Gasteiger partial charge in [0.2, 0.25) is 5.91 Å². The summed E-state index contributed by atoms with van der Waals surface area (Å²) in [6.07, 6.45) is 5.83. The average molecular weight is 309 g/mol. The van der Waals surface area contributed by atoms with E-state index < -0.39 is 0 Å². The molecule has 1 heterocycles. The Labute approximate surface area is 130 Å². The molecular weight excluding hydrogens is 288 g/mol. The highest BCUT2D eigenvalue weighted by molar-refractivity contribution is 5.85. The fourth-order valence-corrected chi connectivity index (χ4v) is 1.92. The number of carbonyl (C=O) groups is 1. The zero-order valence-electron chi connectivity index (χ0n) is 11.9. The van der Waals surface area contributed by atoms with Crippen molar-refractivity contribution in [3.05, 3.63) is 48.3 Å². The molecule has 2 aromatic rings. The van der Waals surface area contributed by atoms with Crippen molar-refractivity contribution in [2.45, 2.75) is 19.3 Å². The largest absolute Gasteiger partial charge is 0.356 e. The zero-order chi connectivity index (χ0) is 14.2. The van der Waals surface area contributed by atoms with Crippen molar-refractivity contribution in [3.8, 4) is 5.69 Å². The standard InChI is InChI=1S/C15H20N4O.ClH/c16-8-4-5-9-17-15(20)10-13-11-18-19(12-13)14-6-2-1-3-7-14;/h1-3,6-7,11-12H,4-5,8-10,16H2,(H,17,20);1H. The Morgan fingerprint density at radius 1 is 1.24 bits per heavy atom. The topological polar surface area (TPSA) is 72.9 Å². The highest BCUT2D eigenvalue weighted by Gasteiger charge is 2.06. The number of hydrogen-bond donors (Lipinski definition) is 2. The first-order chi connectivity index (χ1) is 9.79. The van der Waals surface area contributed by atoms with Gasteiger partial charge in [-0.15, -0.1) is 12.4 Å². The number of hydrogen-bond acceptors (Lipinski definition) is 3. The Kier molecular flexibility index (Phi) is 7.50. The van der Waals surface area contributed by atoms with Crippen LogP contribution in [0.2, 0.25) is 0 Å². The maximum absolute atomic E-state index is 11.7. The number of unbranched alkanes of at least 4 members (excludes halogenated alkanes) is 1. The quantitative estimate of drug-likeness (QED) is 0.765. The number of rotatable bonds is 7. The van der Waals surface area contributed by atoms with E-state index in [-0.39, 0.29) is 18.3 Å². The van der Waals surface area contributed by atoms with Gasteiger partial charge in [0.25, 0.3) is 0 Å². The molecule has 0 bridgehead atoms. The second-order valence-corrected chi connectivity index (χ2v) is 4.65. The molecule has 0 atom stereocenters. The Hall–Kier alpha value is -1.85. The van der Waals surface area contributed by atoms with Gasteiger partial charge < -0.3 is 11.1 Å². The molecule has 0 radical (unpaired) electrons. The van der Waals surface area contributed by atoms with Crippen molar-refractivity contribution in [2.24, 2.45) is 5.73 Å². The summed E-state index contributed by atoms with van der Waals surface area (Å²) in [4.78, 5) is 11.7. The predicted octanol–water partition coefficient (Wildman–Crippen LogP) is 1.69. The van der Waals surface area contributed by atoms with E-state index >= 15 is 0 Å². The third kappa shape index (κ3) is 5.57. The van der Waals surface area contributed by atoms with Crippen LogP contribution in [-0.4, -0.2) is 28.8 Å². The van der Waals surface area contributed by atoms with Crippen molar-refractivity contribution in [2.75, 3.05) is 13.1 Å². The monoisotopic (exact) mass is 308 g/mol. The molecule has 1 aromatic heterocycles. The molecule has 3 N–H and O–H groups in total. The van der Waals surface area contributed by atoms with Gasteiger partial charge in [0.05, 0.1) is 18.3 Å². The van der Waals surface area contributed by atoms with Crippen molar-refractivity contribution < 1.29 is 4.79 Å². The Bertz CT molecular complexity index is 542. The summed E-state index contributed by atoms with van der Waals surface area (Å²) in [7, 11) is 0. The fourth-order valence-electron chi connectivity index (χ4n) is 1.92. The number of nitrogens with zero attached hydrogens (tertiary/aromatic N) is 2. The van der Waals surface area contributed by atoms with Crippen LogP contribution in [0.15, 0.2) is 42.7 Å². The first-order valence-corrected chi connectivity index (χ1v) is 6.85. The number of halogens is 1. The van der Waals surface area contributed by atoms with Crippen LogP contribution in [0.3, 0.4) is 0 Å². The van der Waals surface area contributed by atoms with E-state index in [1.165, 1.54) is 0 Å². The molecule has 0 aliphatic carbocycles. The highest BCUT2D eigenvalue weighted by Crippen LogP contribution is 2.07. The van der Waals surface area contributed by atoms with E-state index in [9.17, 15) is 4.79 Å². The van der Waals surface area contributed by atoms with E-state index in [0.717, 1.165) is 24.1 Å². The third-order valence-corrected chi connectivity index (χ3v) is 2.97. The van der Waals surface area contributed by atoms with Crippen LogP contribution in [0, 0.1) is 0 Å². The lowest BCUT2D eigenvalue weighted by atomic mass is 10.2. The molecular formula is C15H21ClN4O. The molecule has 0 aliphatic rings. The summed E-state index contributed by atoms with van der Waals surface area (Å²) in [5.41, 5.74) is 7.30. The lowest BCUT2D eigenvalue weighted by molar-refractivity contribution is -0.120. The Morgan fingerprint density at radius 2 is 2.00 bits per heavy atom. The maximum Gasteiger partial charge on any atom is 0.224 e. The molecule has 1 aromatic carbocycles. The van der Waals surface area contributed by atoms with Crippen LogP contribution >= 0.6 is 12.4 Å². The van der Waals surface area contributed by atoms with E-state index in [1.54, 1.807) is 10.9 Å². The first kappa shape index (κ1) is 17.2. The SMILES string of the molecule is Cl.NCCCCNC(=O)Cc1cnn(-c2ccccc2)c1. The fraction of sp³-hybridized carbons (Fsp3) is 0.333. The van der Waals surface area contributed by atoms with Crippen LogP contribution in [-0.2, 0) is 11.2 Å². The van der Waals surface area contributed by atoms with Gasteiger partial charge in [0.15, 0.2) is 0 Å². The van der Waals surface area contributed by atoms with Crippen LogP contribution in [0.25, 0.3) is 5.69 Å². The van der Waals surface area contributed by atoms with Gasteiger partial charge in [0.1, 0.15) is 0 Å². The van der Waals surface area contributed by atoms with Crippen LogP contribution in [0.1, 0.15) is 18.4 Å². The summed E-state index contributed by atoms with van der Waals surface area (Å²) in [6, 6.07) is 9.83. The van der Waals surface area contributed by atoms with E-state index in [2.05, 4.69) is 10.4 Å². The smallest absolute Gasteiger partial charge is 0.224 e. The van der Waals surface area contributed by atoms with Gasteiger partial charge >= 0.3 is 0 Å². The van der Waals surface area contributed by atoms with Gasteiger partial charge in [0, 0.05) is 12.7 Å². The van der Waals surface area contributed by atoms with Gasteiger partial charge in [-0.05, 0) is 37.1 Å². The molecule has 1 amide bonds. The minimum atomic E-state index is 0. The van der Waals surface area contributed by atoms with Crippen LogP contribution in [0.5, 0.6) is 0 Å². The number of amides is 1. The summed E-state index contributed by atoms with van der Waals surface area (Å²) >= 11 is 0. The van der Waals surface area contributed by atoms with Crippen molar-refractivity contribution in [1.82, 2.24) is 15.1 Å². The number of para-hydroxylation sites is 1.